The van der Waals surface area contributed by atoms with Gasteiger partial charge in [-0.3, -0.25) is 9.48 Å². The van der Waals surface area contributed by atoms with Crippen molar-refractivity contribution in [2.75, 3.05) is 4.90 Å². The molecule has 4 aromatic rings. The molecule has 0 N–H and O–H groups in total. The molecule has 0 saturated heterocycles. The Morgan fingerprint density at radius 2 is 1.53 bits per heavy atom. The van der Waals surface area contributed by atoms with Gasteiger partial charge in [-0.1, -0.05) is 60.7 Å². The summed E-state index contributed by atoms with van der Waals surface area (Å²) < 4.78 is 7.79. The molecule has 0 bridgehead atoms. The Bertz CT molecular complexity index is 1220. The highest BCUT2D eigenvalue weighted by molar-refractivity contribution is 5.93. The third-order valence-corrected chi connectivity index (χ3v) is 6.13. The van der Waals surface area contributed by atoms with Crippen LogP contribution >= 0.6 is 0 Å². The SMILES string of the molecule is Cc1nn(C)c(C)c1CCC(=O)N(Cc1ccc(OCc2ccccc2)cc1)c1ccccc1. The first-order chi connectivity index (χ1) is 16.5. The lowest BCUT2D eigenvalue weighted by molar-refractivity contribution is -0.118. The largest absolute Gasteiger partial charge is 0.489 e. The van der Waals surface area contributed by atoms with E-state index < -0.39 is 0 Å². The summed E-state index contributed by atoms with van der Waals surface area (Å²) in [6, 6.07) is 28.0. The van der Waals surface area contributed by atoms with Gasteiger partial charge in [0.1, 0.15) is 12.4 Å². The summed E-state index contributed by atoms with van der Waals surface area (Å²) in [4.78, 5) is 15.2. The highest BCUT2D eigenvalue weighted by Gasteiger charge is 2.18. The Morgan fingerprint density at radius 3 is 2.15 bits per heavy atom. The molecular weight excluding hydrogens is 422 g/mol. The van der Waals surface area contributed by atoms with Crippen LogP contribution in [0.2, 0.25) is 0 Å². The Labute approximate surface area is 201 Å². The lowest BCUT2D eigenvalue weighted by Crippen LogP contribution is -2.30. The molecule has 5 nitrogen and oxygen atoms in total. The first-order valence-electron chi connectivity index (χ1n) is 11.6. The van der Waals surface area contributed by atoms with Crippen molar-refractivity contribution in [2.24, 2.45) is 7.05 Å². The van der Waals surface area contributed by atoms with Crippen molar-refractivity contribution >= 4 is 11.6 Å². The molecule has 34 heavy (non-hydrogen) atoms. The van der Waals surface area contributed by atoms with E-state index in [-0.39, 0.29) is 5.91 Å². The standard InChI is InChI=1S/C29H31N3O2/c1-22-28(23(2)31(3)30-22)18-19-29(33)32(26-12-8-5-9-13-26)20-24-14-16-27(17-15-24)34-21-25-10-6-4-7-11-25/h4-17H,18-21H2,1-3H3. The minimum Gasteiger partial charge on any atom is -0.489 e. The molecule has 174 valence electrons. The van der Waals surface area contributed by atoms with Crippen LogP contribution in [-0.4, -0.2) is 15.7 Å². The third kappa shape index (κ3) is 5.73. The zero-order valence-electron chi connectivity index (χ0n) is 20.1. The molecule has 0 aliphatic carbocycles. The lowest BCUT2D eigenvalue weighted by atomic mass is 10.1. The first kappa shape index (κ1) is 23.3. The normalized spacial score (nSPS) is 10.8. The van der Waals surface area contributed by atoms with Crippen LogP contribution in [0.25, 0.3) is 0 Å². The highest BCUT2D eigenvalue weighted by Crippen LogP contribution is 2.22. The topological polar surface area (TPSA) is 47.4 Å². The predicted octanol–water partition coefficient (Wildman–Crippen LogP) is 5.78. The number of nitrogens with zero attached hydrogens (tertiary/aromatic N) is 3. The van der Waals surface area contributed by atoms with Crippen molar-refractivity contribution in [3.05, 3.63) is 113 Å². The molecule has 0 spiro atoms. The van der Waals surface area contributed by atoms with E-state index in [1.165, 1.54) is 0 Å². The number of aromatic nitrogens is 2. The van der Waals surface area contributed by atoms with Crippen LogP contribution in [0, 0.1) is 13.8 Å². The number of benzene rings is 3. The number of ether oxygens (including phenoxy) is 1. The molecule has 0 aliphatic heterocycles. The van der Waals surface area contributed by atoms with E-state index in [9.17, 15) is 4.79 Å². The van der Waals surface area contributed by atoms with Gasteiger partial charge in [-0.15, -0.1) is 0 Å². The van der Waals surface area contributed by atoms with Crippen molar-refractivity contribution in [2.45, 2.75) is 39.8 Å². The van der Waals surface area contributed by atoms with Gasteiger partial charge in [-0.2, -0.15) is 5.10 Å². The minimum absolute atomic E-state index is 0.0956. The average Bonchev–Trinajstić information content (AvgIpc) is 3.12. The van der Waals surface area contributed by atoms with E-state index in [1.807, 2.05) is 108 Å². The average molecular weight is 454 g/mol. The third-order valence-electron chi connectivity index (χ3n) is 6.13. The number of hydrogen-bond donors (Lipinski definition) is 0. The van der Waals surface area contributed by atoms with E-state index in [0.717, 1.165) is 39.5 Å². The van der Waals surface area contributed by atoms with E-state index in [4.69, 9.17) is 4.74 Å². The molecular formula is C29H31N3O2. The van der Waals surface area contributed by atoms with E-state index in [1.54, 1.807) is 0 Å². The van der Waals surface area contributed by atoms with Crippen LogP contribution in [0.4, 0.5) is 5.69 Å². The van der Waals surface area contributed by atoms with Crippen molar-refractivity contribution in [1.29, 1.82) is 0 Å². The quantitative estimate of drug-likeness (QED) is 0.323. The van der Waals surface area contributed by atoms with Crippen LogP contribution in [-0.2, 0) is 31.4 Å². The van der Waals surface area contributed by atoms with E-state index >= 15 is 0 Å². The van der Waals surface area contributed by atoms with Gasteiger partial charge in [0.25, 0.3) is 0 Å². The Morgan fingerprint density at radius 1 is 0.882 bits per heavy atom. The lowest BCUT2D eigenvalue weighted by Gasteiger charge is -2.23. The van der Waals surface area contributed by atoms with Gasteiger partial charge in [0, 0.05) is 24.8 Å². The molecule has 0 atom stereocenters. The molecule has 1 heterocycles. The van der Waals surface area contributed by atoms with Gasteiger partial charge in [0.15, 0.2) is 0 Å². The molecule has 1 aromatic heterocycles. The van der Waals surface area contributed by atoms with Gasteiger partial charge in [0.2, 0.25) is 5.91 Å². The second-order valence-electron chi connectivity index (χ2n) is 8.51. The summed E-state index contributed by atoms with van der Waals surface area (Å²) in [5.74, 6) is 0.908. The van der Waals surface area contributed by atoms with Gasteiger partial charge in [-0.25, -0.2) is 0 Å². The maximum atomic E-state index is 13.4. The molecule has 1 amide bonds. The van der Waals surface area contributed by atoms with Gasteiger partial charge >= 0.3 is 0 Å². The molecule has 0 fully saturated rings. The fourth-order valence-electron chi connectivity index (χ4n) is 4.09. The highest BCUT2D eigenvalue weighted by atomic mass is 16.5. The smallest absolute Gasteiger partial charge is 0.227 e. The molecule has 5 heteroatoms. The molecule has 0 saturated carbocycles. The summed E-state index contributed by atoms with van der Waals surface area (Å²) in [7, 11) is 1.94. The molecule has 0 unspecified atom stereocenters. The van der Waals surface area contributed by atoms with E-state index in [2.05, 4.69) is 12.0 Å². The second kappa shape index (κ2) is 10.8. The van der Waals surface area contributed by atoms with E-state index in [0.29, 0.717) is 26.0 Å². The van der Waals surface area contributed by atoms with Gasteiger partial charge < -0.3 is 9.64 Å². The number of carbonyl (C=O) groups is 1. The number of anilines is 1. The Hall–Kier alpha value is -3.86. The fourth-order valence-corrected chi connectivity index (χ4v) is 4.09. The van der Waals surface area contributed by atoms with Crippen LogP contribution in [0.5, 0.6) is 5.75 Å². The fraction of sp³-hybridized carbons (Fsp3) is 0.241. The van der Waals surface area contributed by atoms with Crippen LogP contribution < -0.4 is 9.64 Å². The van der Waals surface area contributed by atoms with Crippen molar-refractivity contribution in [1.82, 2.24) is 9.78 Å². The zero-order valence-corrected chi connectivity index (χ0v) is 20.1. The molecule has 0 radical (unpaired) electrons. The summed E-state index contributed by atoms with van der Waals surface area (Å²) >= 11 is 0. The minimum atomic E-state index is 0.0956. The van der Waals surface area contributed by atoms with Crippen LogP contribution in [0.1, 0.15) is 34.5 Å². The number of para-hydroxylation sites is 1. The maximum absolute atomic E-state index is 13.4. The van der Waals surface area contributed by atoms with Gasteiger partial charge in [-0.05, 0) is 61.2 Å². The Kier molecular flexibility index (Phi) is 7.43. The zero-order chi connectivity index (χ0) is 23.9. The van der Waals surface area contributed by atoms with Crippen molar-refractivity contribution in [3.63, 3.8) is 0 Å². The van der Waals surface area contributed by atoms with Gasteiger partial charge in [0.05, 0.1) is 12.2 Å². The van der Waals surface area contributed by atoms with Crippen molar-refractivity contribution in [3.8, 4) is 5.75 Å². The number of carbonyl (C=O) groups excluding carboxylic acids is 1. The number of hydrogen-bond acceptors (Lipinski definition) is 3. The maximum Gasteiger partial charge on any atom is 0.227 e. The number of aryl methyl sites for hydroxylation is 2. The van der Waals surface area contributed by atoms with Crippen molar-refractivity contribution < 1.29 is 9.53 Å². The van der Waals surface area contributed by atoms with Crippen LogP contribution in [0.15, 0.2) is 84.9 Å². The predicted molar refractivity (Wildman–Crippen MR) is 136 cm³/mol. The van der Waals surface area contributed by atoms with Crippen LogP contribution in [0.3, 0.4) is 0 Å². The Balaban J connectivity index is 1.44. The first-order valence-corrected chi connectivity index (χ1v) is 11.6. The molecule has 4 rings (SSSR count). The summed E-state index contributed by atoms with van der Waals surface area (Å²) in [5, 5.41) is 4.48. The monoisotopic (exact) mass is 453 g/mol. The summed E-state index contributed by atoms with van der Waals surface area (Å²) in [6.07, 6.45) is 1.11. The number of rotatable bonds is 9. The molecule has 3 aromatic carbocycles. The second-order valence-corrected chi connectivity index (χ2v) is 8.51. The summed E-state index contributed by atoms with van der Waals surface area (Å²) in [6.45, 7) is 5.09. The number of amides is 1. The summed E-state index contributed by atoms with van der Waals surface area (Å²) in [5.41, 5.74) is 6.35. The molecule has 0 aliphatic rings.